The zero-order valence-corrected chi connectivity index (χ0v) is 12.4. The van der Waals surface area contributed by atoms with Gasteiger partial charge in [-0.25, -0.2) is 4.98 Å². The highest BCUT2D eigenvalue weighted by atomic mass is 35.5. The number of hydrogen-bond donors (Lipinski definition) is 1. The van der Waals surface area contributed by atoms with E-state index in [9.17, 15) is 4.79 Å². The molecule has 1 aromatic carbocycles. The maximum Gasteiger partial charge on any atom is 0.251 e. The van der Waals surface area contributed by atoms with Gasteiger partial charge in [-0.2, -0.15) is 0 Å². The van der Waals surface area contributed by atoms with E-state index in [1.54, 1.807) is 12.1 Å². The number of halogens is 1. The Morgan fingerprint density at radius 2 is 2.25 bits per heavy atom. The van der Waals surface area contributed by atoms with Gasteiger partial charge in [-0.3, -0.25) is 4.79 Å². The van der Waals surface area contributed by atoms with E-state index in [1.807, 2.05) is 24.5 Å². The van der Waals surface area contributed by atoms with Crippen LogP contribution in [0, 0.1) is 0 Å². The summed E-state index contributed by atoms with van der Waals surface area (Å²) in [4.78, 5) is 16.2. The molecule has 108 valence electrons. The van der Waals surface area contributed by atoms with Crippen LogP contribution in [0.15, 0.2) is 18.2 Å². The summed E-state index contributed by atoms with van der Waals surface area (Å²) in [5.41, 5.74) is 2.24. The molecule has 20 heavy (non-hydrogen) atoms. The van der Waals surface area contributed by atoms with Gasteiger partial charge in [-0.15, -0.1) is 0 Å². The molecule has 0 fully saturated rings. The first-order chi connectivity index (χ1) is 9.67. The van der Waals surface area contributed by atoms with Gasteiger partial charge in [-0.05, 0) is 43.6 Å². The van der Waals surface area contributed by atoms with E-state index in [0.29, 0.717) is 30.6 Å². The monoisotopic (exact) mass is 295 g/mol. The van der Waals surface area contributed by atoms with E-state index in [-0.39, 0.29) is 5.91 Å². The van der Waals surface area contributed by atoms with Crippen molar-refractivity contribution in [1.29, 1.82) is 0 Å². The standard InChI is InChI=1S/C14H18ClN3O2/c1-3-18-12-6-5-10(9-11(12)17-14(18)15)13(19)16-7-8-20-4-2/h5-6,9H,3-4,7-8H2,1-2H3,(H,16,19). The number of aromatic nitrogens is 2. The first-order valence-electron chi connectivity index (χ1n) is 6.69. The van der Waals surface area contributed by atoms with E-state index < -0.39 is 0 Å². The minimum atomic E-state index is -0.131. The average Bonchev–Trinajstić information content (AvgIpc) is 2.77. The van der Waals surface area contributed by atoms with Crippen LogP contribution < -0.4 is 5.32 Å². The fraction of sp³-hybridized carbons (Fsp3) is 0.429. The van der Waals surface area contributed by atoms with E-state index in [0.717, 1.165) is 17.6 Å². The molecule has 0 bridgehead atoms. The molecule has 0 saturated carbocycles. The van der Waals surface area contributed by atoms with Crippen LogP contribution in [-0.2, 0) is 11.3 Å². The molecule has 0 aliphatic carbocycles. The normalized spacial score (nSPS) is 10.9. The fourth-order valence-corrected chi connectivity index (χ4v) is 2.33. The van der Waals surface area contributed by atoms with Crippen molar-refractivity contribution in [3.8, 4) is 0 Å². The third-order valence-electron chi connectivity index (χ3n) is 3.02. The van der Waals surface area contributed by atoms with E-state index in [2.05, 4.69) is 10.3 Å². The van der Waals surface area contributed by atoms with Gasteiger partial charge < -0.3 is 14.6 Å². The summed E-state index contributed by atoms with van der Waals surface area (Å²) in [5, 5.41) is 3.24. The lowest BCUT2D eigenvalue weighted by molar-refractivity contribution is 0.0922. The van der Waals surface area contributed by atoms with Crippen molar-refractivity contribution < 1.29 is 9.53 Å². The van der Waals surface area contributed by atoms with Crippen LogP contribution in [0.4, 0.5) is 0 Å². The second-order valence-electron chi connectivity index (χ2n) is 4.28. The van der Waals surface area contributed by atoms with Gasteiger partial charge in [0.15, 0.2) is 0 Å². The number of carbonyl (C=O) groups is 1. The number of nitrogens with one attached hydrogen (secondary N) is 1. The Labute approximate surface area is 122 Å². The highest BCUT2D eigenvalue weighted by Gasteiger charge is 2.11. The minimum absolute atomic E-state index is 0.131. The molecule has 0 aliphatic rings. The summed E-state index contributed by atoms with van der Waals surface area (Å²) in [6.07, 6.45) is 0. The molecule has 6 heteroatoms. The summed E-state index contributed by atoms with van der Waals surface area (Å²) in [7, 11) is 0. The van der Waals surface area contributed by atoms with Crippen molar-refractivity contribution in [2.75, 3.05) is 19.8 Å². The van der Waals surface area contributed by atoms with Crippen molar-refractivity contribution in [3.05, 3.63) is 29.0 Å². The highest BCUT2D eigenvalue weighted by molar-refractivity contribution is 6.29. The number of nitrogens with zero attached hydrogens (tertiary/aromatic N) is 2. The zero-order valence-electron chi connectivity index (χ0n) is 11.6. The first kappa shape index (κ1) is 14.8. The number of amides is 1. The maximum absolute atomic E-state index is 12.0. The van der Waals surface area contributed by atoms with Crippen LogP contribution >= 0.6 is 11.6 Å². The quantitative estimate of drug-likeness (QED) is 0.833. The molecule has 0 atom stereocenters. The number of ether oxygens (including phenoxy) is 1. The molecular weight excluding hydrogens is 278 g/mol. The van der Waals surface area contributed by atoms with Crippen LogP contribution in [-0.4, -0.2) is 35.2 Å². The number of hydrogen-bond acceptors (Lipinski definition) is 3. The lowest BCUT2D eigenvalue weighted by Crippen LogP contribution is -2.27. The van der Waals surface area contributed by atoms with Gasteiger partial charge >= 0.3 is 0 Å². The van der Waals surface area contributed by atoms with Crippen LogP contribution in [0.5, 0.6) is 0 Å². The van der Waals surface area contributed by atoms with Crippen molar-refractivity contribution in [3.63, 3.8) is 0 Å². The number of fused-ring (bicyclic) bond motifs is 1. The Kier molecular flexibility index (Phi) is 4.98. The number of carbonyl (C=O) groups excluding carboxylic acids is 1. The molecule has 1 amide bonds. The summed E-state index contributed by atoms with van der Waals surface area (Å²) in [6, 6.07) is 5.40. The average molecular weight is 296 g/mol. The number of benzene rings is 1. The molecule has 2 rings (SSSR count). The van der Waals surface area contributed by atoms with Crippen molar-refractivity contribution >= 4 is 28.5 Å². The summed E-state index contributed by atoms with van der Waals surface area (Å²) in [5.74, 6) is -0.131. The van der Waals surface area contributed by atoms with Crippen LogP contribution in [0.1, 0.15) is 24.2 Å². The Balaban J connectivity index is 2.13. The summed E-state index contributed by atoms with van der Waals surface area (Å²) in [6.45, 7) is 6.32. The van der Waals surface area contributed by atoms with Gasteiger partial charge in [0.2, 0.25) is 5.28 Å². The molecular formula is C14H18ClN3O2. The van der Waals surface area contributed by atoms with Crippen molar-refractivity contribution in [2.45, 2.75) is 20.4 Å². The Morgan fingerprint density at radius 1 is 1.45 bits per heavy atom. The number of imidazole rings is 1. The molecule has 0 spiro atoms. The lowest BCUT2D eigenvalue weighted by Gasteiger charge is -2.05. The summed E-state index contributed by atoms with van der Waals surface area (Å²) < 4.78 is 7.07. The Morgan fingerprint density at radius 3 is 2.95 bits per heavy atom. The van der Waals surface area contributed by atoms with E-state index >= 15 is 0 Å². The molecule has 1 heterocycles. The van der Waals surface area contributed by atoms with Crippen LogP contribution in [0.3, 0.4) is 0 Å². The predicted octanol–water partition coefficient (Wildman–Crippen LogP) is 2.48. The van der Waals surface area contributed by atoms with Gasteiger partial charge in [0.05, 0.1) is 17.6 Å². The second-order valence-corrected chi connectivity index (χ2v) is 4.62. The van der Waals surface area contributed by atoms with Gasteiger partial charge in [0.1, 0.15) is 0 Å². The smallest absolute Gasteiger partial charge is 0.251 e. The molecule has 0 unspecified atom stereocenters. The van der Waals surface area contributed by atoms with Crippen molar-refractivity contribution in [1.82, 2.24) is 14.9 Å². The molecule has 5 nitrogen and oxygen atoms in total. The van der Waals surface area contributed by atoms with Gasteiger partial charge in [0.25, 0.3) is 5.91 Å². The molecule has 1 N–H and O–H groups in total. The Hall–Kier alpha value is -1.59. The molecule has 0 radical (unpaired) electrons. The van der Waals surface area contributed by atoms with Gasteiger partial charge in [-0.1, -0.05) is 0 Å². The van der Waals surface area contributed by atoms with E-state index in [4.69, 9.17) is 16.3 Å². The minimum Gasteiger partial charge on any atom is -0.380 e. The third-order valence-corrected chi connectivity index (χ3v) is 3.30. The molecule has 0 saturated heterocycles. The molecule has 2 aromatic rings. The first-order valence-corrected chi connectivity index (χ1v) is 7.06. The highest BCUT2D eigenvalue weighted by Crippen LogP contribution is 2.20. The number of aryl methyl sites for hydroxylation is 1. The fourth-order valence-electron chi connectivity index (χ4n) is 2.03. The largest absolute Gasteiger partial charge is 0.380 e. The molecule has 1 aromatic heterocycles. The Bertz CT molecular complexity index is 610. The SMILES string of the molecule is CCOCCNC(=O)c1ccc2c(c1)nc(Cl)n2CC. The third kappa shape index (κ3) is 3.11. The topological polar surface area (TPSA) is 56.1 Å². The summed E-state index contributed by atoms with van der Waals surface area (Å²) >= 11 is 6.05. The van der Waals surface area contributed by atoms with Crippen LogP contribution in [0.25, 0.3) is 11.0 Å². The van der Waals surface area contributed by atoms with Crippen LogP contribution in [0.2, 0.25) is 5.28 Å². The lowest BCUT2D eigenvalue weighted by atomic mass is 10.2. The maximum atomic E-state index is 12.0. The second kappa shape index (κ2) is 6.72. The van der Waals surface area contributed by atoms with Crippen molar-refractivity contribution in [2.24, 2.45) is 0 Å². The van der Waals surface area contributed by atoms with Gasteiger partial charge in [0, 0.05) is 25.3 Å². The zero-order chi connectivity index (χ0) is 14.5. The number of rotatable bonds is 6. The molecule has 0 aliphatic heterocycles. The predicted molar refractivity (Wildman–Crippen MR) is 79.2 cm³/mol. The van der Waals surface area contributed by atoms with E-state index in [1.165, 1.54) is 0 Å².